The standard InChI is InChI=1S/C24H47N5O2/c1-7-25-22(26-15-19-9-8-14-29(17-19)16-18(2)3)27-20-10-12-21(13-11-20)28-23(30)31-24(4,5)6/h18-21H,7-17H2,1-6H3,(H,28,30)(H2,25,26,27). The van der Waals surface area contributed by atoms with Gasteiger partial charge in [-0.3, -0.25) is 4.99 Å². The summed E-state index contributed by atoms with van der Waals surface area (Å²) in [6.07, 6.45) is 6.22. The van der Waals surface area contributed by atoms with Crippen LogP contribution in [0.3, 0.4) is 0 Å². The Bertz CT molecular complexity index is 565. The molecule has 0 bridgehead atoms. The van der Waals surface area contributed by atoms with E-state index in [1.54, 1.807) is 0 Å². The zero-order valence-electron chi connectivity index (χ0n) is 20.8. The Kier molecular flexibility index (Phi) is 10.4. The summed E-state index contributed by atoms with van der Waals surface area (Å²) in [4.78, 5) is 19.5. The van der Waals surface area contributed by atoms with Gasteiger partial charge >= 0.3 is 6.09 Å². The van der Waals surface area contributed by atoms with Crippen molar-refractivity contribution in [2.24, 2.45) is 16.8 Å². The van der Waals surface area contributed by atoms with Gasteiger partial charge in [0, 0.05) is 38.3 Å². The first-order chi connectivity index (χ1) is 14.6. The second kappa shape index (κ2) is 12.5. The third kappa shape index (κ3) is 10.6. The molecular formula is C24H47N5O2. The molecule has 1 aliphatic carbocycles. The van der Waals surface area contributed by atoms with Gasteiger partial charge in [0.1, 0.15) is 5.60 Å². The fraction of sp³-hybridized carbons (Fsp3) is 0.917. The van der Waals surface area contributed by atoms with Crippen LogP contribution in [0, 0.1) is 11.8 Å². The summed E-state index contributed by atoms with van der Waals surface area (Å²) in [7, 11) is 0. The minimum absolute atomic E-state index is 0.196. The first-order valence-electron chi connectivity index (χ1n) is 12.4. The Morgan fingerprint density at radius 2 is 1.74 bits per heavy atom. The molecule has 1 heterocycles. The van der Waals surface area contributed by atoms with E-state index in [0.29, 0.717) is 12.0 Å². The molecule has 1 amide bonds. The van der Waals surface area contributed by atoms with Crippen molar-refractivity contribution in [3.63, 3.8) is 0 Å². The van der Waals surface area contributed by atoms with E-state index >= 15 is 0 Å². The molecule has 2 aliphatic rings. The fourth-order valence-electron chi connectivity index (χ4n) is 4.57. The van der Waals surface area contributed by atoms with Crippen LogP contribution in [0.2, 0.25) is 0 Å². The summed E-state index contributed by atoms with van der Waals surface area (Å²) in [5.41, 5.74) is -0.454. The molecule has 180 valence electrons. The van der Waals surface area contributed by atoms with Crippen LogP contribution in [0.5, 0.6) is 0 Å². The van der Waals surface area contributed by atoms with Crippen molar-refractivity contribution in [3.8, 4) is 0 Å². The molecule has 0 spiro atoms. The Hall–Kier alpha value is -1.50. The monoisotopic (exact) mass is 437 g/mol. The van der Waals surface area contributed by atoms with Crippen LogP contribution in [0.25, 0.3) is 0 Å². The zero-order valence-corrected chi connectivity index (χ0v) is 20.8. The SMILES string of the molecule is CCNC(=NCC1CCCN(CC(C)C)C1)NC1CCC(NC(=O)OC(C)(C)C)CC1. The predicted molar refractivity (Wildman–Crippen MR) is 129 cm³/mol. The molecule has 1 saturated carbocycles. The number of aliphatic imine (C=N–C) groups is 1. The van der Waals surface area contributed by atoms with E-state index in [1.807, 2.05) is 20.8 Å². The molecule has 1 saturated heterocycles. The number of guanidine groups is 1. The van der Waals surface area contributed by atoms with Crippen molar-refractivity contribution < 1.29 is 9.53 Å². The smallest absolute Gasteiger partial charge is 0.407 e. The predicted octanol–water partition coefficient (Wildman–Crippen LogP) is 3.75. The summed E-state index contributed by atoms with van der Waals surface area (Å²) >= 11 is 0. The van der Waals surface area contributed by atoms with Crippen molar-refractivity contribution in [3.05, 3.63) is 0 Å². The Morgan fingerprint density at radius 3 is 2.32 bits per heavy atom. The Labute approximate surface area is 190 Å². The molecular weight excluding hydrogens is 390 g/mol. The van der Waals surface area contributed by atoms with Gasteiger partial charge in [0.15, 0.2) is 5.96 Å². The van der Waals surface area contributed by atoms with Gasteiger partial charge in [0.2, 0.25) is 0 Å². The number of piperidine rings is 1. The zero-order chi connectivity index (χ0) is 22.9. The van der Waals surface area contributed by atoms with Gasteiger partial charge in [-0.15, -0.1) is 0 Å². The van der Waals surface area contributed by atoms with Crippen LogP contribution in [-0.2, 0) is 4.74 Å². The van der Waals surface area contributed by atoms with Crippen molar-refractivity contribution in [2.75, 3.05) is 32.7 Å². The molecule has 0 radical (unpaired) electrons. The third-order valence-corrected chi connectivity index (χ3v) is 5.87. The van der Waals surface area contributed by atoms with E-state index in [9.17, 15) is 4.79 Å². The second-order valence-corrected chi connectivity index (χ2v) is 10.7. The maximum Gasteiger partial charge on any atom is 0.407 e. The molecule has 7 nitrogen and oxygen atoms in total. The van der Waals surface area contributed by atoms with Gasteiger partial charge < -0.3 is 25.6 Å². The number of nitrogens with zero attached hydrogens (tertiary/aromatic N) is 2. The van der Waals surface area contributed by atoms with Crippen LogP contribution in [0.1, 0.15) is 80.1 Å². The average Bonchev–Trinajstić information content (AvgIpc) is 2.66. The molecule has 1 unspecified atom stereocenters. The lowest BCUT2D eigenvalue weighted by molar-refractivity contribution is 0.0490. The molecule has 1 aliphatic heterocycles. The topological polar surface area (TPSA) is 78.0 Å². The largest absolute Gasteiger partial charge is 0.444 e. The van der Waals surface area contributed by atoms with E-state index < -0.39 is 5.60 Å². The van der Waals surface area contributed by atoms with E-state index in [0.717, 1.165) is 50.7 Å². The van der Waals surface area contributed by atoms with Crippen LogP contribution in [0.15, 0.2) is 4.99 Å². The van der Waals surface area contributed by atoms with E-state index in [1.165, 1.54) is 32.5 Å². The van der Waals surface area contributed by atoms with Crippen molar-refractivity contribution >= 4 is 12.1 Å². The van der Waals surface area contributed by atoms with Crippen molar-refractivity contribution in [2.45, 2.75) is 97.8 Å². The molecule has 0 aromatic carbocycles. The van der Waals surface area contributed by atoms with E-state index in [4.69, 9.17) is 9.73 Å². The maximum atomic E-state index is 12.0. The lowest BCUT2D eigenvalue weighted by Gasteiger charge is -2.33. The second-order valence-electron chi connectivity index (χ2n) is 10.7. The number of rotatable bonds is 7. The van der Waals surface area contributed by atoms with Gasteiger partial charge in [0.05, 0.1) is 0 Å². The number of likely N-dealkylation sites (tertiary alicyclic amines) is 1. The summed E-state index contributed by atoms with van der Waals surface area (Å²) < 4.78 is 5.38. The van der Waals surface area contributed by atoms with Gasteiger partial charge in [0.25, 0.3) is 0 Å². The highest BCUT2D eigenvalue weighted by molar-refractivity contribution is 5.80. The quantitative estimate of drug-likeness (QED) is 0.418. The third-order valence-electron chi connectivity index (χ3n) is 5.87. The normalized spacial score (nSPS) is 25.9. The first-order valence-corrected chi connectivity index (χ1v) is 12.4. The molecule has 7 heteroatoms. The van der Waals surface area contributed by atoms with Crippen molar-refractivity contribution in [1.82, 2.24) is 20.9 Å². The van der Waals surface area contributed by atoms with E-state index in [-0.39, 0.29) is 12.1 Å². The minimum atomic E-state index is -0.454. The highest BCUT2D eigenvalue weighted by Crippen LogP contribution is 2.20. The Morgan fingerprint density at radius 1 is 1.10 bits per heavy atom. The number of amides is 1. The number of carbonyl (C=O) groups excluding carboxylic acids is 1. The van der Waals surface area contributed by atoms with Crippen LogP contribution in [-0.4, -0.2) is 67.4 Å². The lowest BCUT2D eigenvalue weighted by Crippen LogP contribution is -2.48. The van der Waals surface area contributed by atoms with E-state index in [2.05, 4.69) is 41.6 Å². The molecule has 2 fully saturated rings. The fourth-order valence-corrected chi connectivity index (χ4v) is 4.57. The maximum absolute atomic E-state index is 12.0. The Balaban J connectivity index is 1.77. The molecule has 3 N–H and O–H groups in total. The van der Waals surface area contributed by atoms with Gasteiger partial charge in [-0.25, -0.2) is 4.79 Å². The molecule has 31 heavy (non-hydrogen) atoms. The molecule has 1 atom stereocenters. The summed E-state index contributed by atoms with van der Waals surface area (Å²) in [6.45, 7) is 17.7. The van der Waals surface area contributed by atoms with Crippen LogP contribution in [0.4, 0.5) is 4.79 Å². The summed E-state index contributed by atoms with van der Waals surface area (Å²) in [5.74, 6) is 2.31. The summed E-state index contributed by atoms with van der Waals surface area (Å²) in [6, 6.07) is 0.597. The van der Waals surface area contributed by atoms with Gasteiger partial charge in [-0.1, -0.05) is 13.8 Å². The lowest BCUT2D eigenvalue weighted by atomic mass is 9.91. The van der Waals surface area contributed by atoms with Gasteiger partial charge in [-0.2, -0.15) is 0 Å². The number of nitrogens with one attached hydrogen (secondary N) is 3. The molecule has 0 aromatic rings. The number of carbonyl (C=O) groups is 1. The van der Waals surface area contributed by atoms with Crippen molar-refractivity contribution in [1.29, 1.82) is 0 Å². The average molecular weight is 438 g/mol. The number of alkyl carbamates (subject to hydrolysis) is 1. The minimum Gasteiger partial charge on any atom is -0.444 e. The number of hydrogen-bond acceptors (Lipinski definition) is 4. The van der Waals surface area contributed by atoms with Crippen LogP contribution < -0.4 is 16.0 Å². The highest BCUT2D eigenvalue weighted by atomic mass is 16.6. The number of hydrogen-bond donors (Lipinski definition) is 3. The summed E-state index contributed by atoms with van der Waals surface area (Å²) in [5, 5.41) is 10.1. The molecule has 0 aromatic heterocycles. The highest BCUT2D eigenvalue weighted by Gasteiger charge is 2.25. The molecule has 2 rings (SSSR count). The van der Waals surface area contributed by atoms with Gasteiger partial charge in [-0.05, 0) is 84.6 Å². The number of ether oxygens (including phenoxy) is 1. The first kappa shape index (κ1) is 25.8. The van der Waals surface area contributed by atoms with Crippen LogP contribution >= 0.6 is 0 Å².